The Bertz CT molecular complexity index is 614. The first-order valence-electron chi connectivity index (χ1n) is 6.25. The van der Waals surface area contributed by atoms with Gasteiger partial charge in [-0.1, -0.05) is 23.7 Å². The number of hydrogen-bond acceptors (Lipinski definition) is 3. The lowest BCUT2D eigenvalue weighted by Gasteiger charge is -2.14. The first-order chi connectivity index (χ1) is 9.58. The van der Waals surface area contributed by atoms with Gasteiger partial charge in [0.15, 0.2) is 0 Å². The Hall–Kier alpha value is -2.07. The summed E-state index contributed by atoms with van der Waals surface area (Å²) in [5.74, 6) is 0.304. The predicted molar refractivity (Wildman–Crippen MR) is 79.4 cm³/mol. The van der Waals surface area contributed by atoms with E-state index >= 15 is 0 Å². The molecule has 0 unspecified atom stereocenters. The molecule has 1 aromatic heterocycles. The Kier molecular flexibility index (Phi) is 4.58. The van der Waals surface area contributed by atoms with E-state index in [0.29, 0.717) is 17.0 Å². The first-order valence-corrected chi connectivity index (χ1v) is 6.63. The quantitative estimate of drug-likeness (QED) is 0.872. The fourth-order valence-electron chi connectivity index (χ4n) is 1.67. The zero-order chi connectivity index (χ0) is 14.5. The van der Waals surface area contributed by atoms with Gasteiger partial charge >= 0.3 is 0 Å². The highest BCUT2D eigenvalue weighted by molar-refractivity contribution is 6.33. The van der Waals surface area contributed by atoms with Crippen LogP contribution in [-0.2, 0) is 0 Å². The van der Waals surface area contributed by atoms with Gasteiger partial charge in [0.2, 0.25) is 0 Å². The molecule has 0 aliphatic carbocycles. The number of benzene rings is 1. The Morgan fingerprint density at radius 3 is 2.70 bits per heavy atom. The number of hydrogen-bond donors (Lipinski definition) is 1. The maximum atomic E-state index is 12.2. The van der Waals surface area contributed by atoms with Gasteiger partial charge in [-0.25, -0.2) is 4.98 Å². The lowest BCUT2D eigenvalue weighted by atomic mass is 10.2. The number of para-hydroxylation sites is 2. The van der Waals surface area contributed by atoms with Crippen molar-refractivity contribution in [1.29, 1.82) is 0 Å². The molecule has 2 aromatic rings. The van der Waals surface area contributed by atoms with Gasteiger partial charge in [-0.15, -0.1) is 0 Å². The number of ether oxygens (including phenoxy) is 1. The van der Waals surface area contributed by atoms with Gasteiger partial charge < -0.3 is 10.1 Å². The van der Waals surface area contributed by atoms with Crippen LogP contribution >= 0.6 is 11.6 Å². The van der Waals surface area contributed by atoms with Crippen LogP contribution in [0.1, 0.15) is 24.2 Å². The third kappa shape index (κ3) is 3.48. The minimum Gasteiger partial charge on any atom is -0.489 e. The van der Waals surface area contributed by atoms with Crippen molar-refractivity contribution < 1.29 is 9.53 Å². The second-order valence-electron chi connectivity index (χ2n) is 4.46. The average Bonchev–Trinajstić information content (AvgIpc) is 2.41. The molecular formula is C15H15ClN2O2. The van der Waals surface area contributed by atoms with E-state index in [1.54, 1.807) is 24.3 Å². The van der Waals surface area contributed by atoms with Crippen molar-refractivity contribution in [2.24, 2.45) is 0 Å². The SMILES string of the molecule is CC(C)Oc1ccccc1NC(=O)c1cccnc1Cl. The van der Waals surface area contributed by atoms with Gasteiger partial charge in [0.25, 0.3) is 5.91 Å². The van der Waals surface area contributed by atoms with E-state index in [0.717, 1.165) is 0 Å². The molecule has 1 heterocycles. The number of halogens is 1. The Morgan fingerprint density at radius 1 is 1.25 bits per heavy atom. The van der Waals surface area contributed by atoms with E-state index in [-0.39, 0.29) is 17.2 Å². The van der Waals surface area contributed by atoms with Crippen LogP contribution in [0.25, 0.3) is 0 Å². The molecule has 1 N–H and O–H groups in total. The number of pyridine rings is 1. The highest BCUT2D eigenvalue weighted by Gasteiger charge is 2.13. The molecule has 20 heavy (non-hydrogen) atoms. The zero-order valence-electron chi connectivity index (χ0n) is 11.3. The van der Waals surface area contributed by atoms with Crippen molar-refractivity contribution in [1.82, 2.24) is 4.98 Å². The molecule has 1 amide bonds. The van der Waals surface area contributed by atoms with Crippen LogP contribution in [0.5, 0.6) is 5.75 Å². The summed E-state index contributed by atoms with van der Waals surface area (Å²) in [5, 5.41) is 2.96. The molecule has 0 saturated carbocycles. The van der Waals surface area contributed by atoms with Gasteiger partial charge in [-0.3, -0.25) is 4.79 Å². The third-order valence-electron chi connectivity index (χ3n) is 2.50. The normalized spacial score (nSPS) is 10.4. The van der Waals surface area contributed by atoms with Crippen LogP contribution in [0, 0.1) is 0 Å². The van der Waals surface area contributed by atoms with Crippen LogP contribution < -0.4 is 10.1 Å². The molecule has 0 atom stereocenters. The average molecular weight is 291 g/mol. The molecule has 0 fully saturated rings. The smallest absolute Gasteiger partial charge is 0.258 e. The molecule has 0 spiro atoms. The molecule has 4 nitrogen and oxygen atoms in total. The molecule has 0 aliphatic rings. The van der Waals surface area contributed by atoms with Gasteiger partial charge in [0.05, 0.1) is 17.4 Å². The van der Waals surface area contributed by atoms with Gasteiger partial charge in [-0.05, 0) is 38.1 Å². The lowest BCUT2D eigenvalue weighted by Crippen LogP contribution is -2.15. The second-order valence-corrected chi connectivity index (χ2v) is 4.82. The molecular weight excluding hydrogens is 276 g/mol. The predicted octanol–water partition coefficient (Wildman–Crippen LogP) is 3.77. The van der Waals surface area contributed by atoms with E-state index < -0.39 is 0 Å². The maximum absolute atomic E-state index is 12.2. The van der Waals surface area contributed by atoms with Crippen molar-refractivity contribution in [2.45, 2.75) is 20.0 Å². The zero-order valence-corrected chi connectivity index (χ0v) is 12.0. The molecule has 5 heteroatoms. The molecule has 0 aliphatic heterocycles. The Balaban J connectivity index is 2.22. The van der Waals surface area contributed by atoms with E-state index in [9.17, 15) is 4.79 Å². The number of anilines is 1. The topological polar surface area (TPSA) is 51.2 Å². The Morgan fingerprint density at radius 2 is 2.00 bits per heavy atom. The molecule has 0 saturated heterocycles. The summed E-state index contributed by atoms with van der Waals surface area (Å²) in [6, 6.07) is 10.5. The third-order valence-corrected chi connectivity index (χ3v) is 2.80. The molecule has 1 aromatic carbocycles. The van der Waals surface area contributed by atoms with Crippen molar-refractivity contribution in [2.75, 3.05) is 5.32 Å². The number of nitrogens with one attached hydrogen (secondary N) is 1. The summed E-state index contributed by atoms with van der Waals surface area (Å²) in [6.45, 7) is 3.85. The standard InChI is InChI=1S/C15H15ClN2O2/c1-10(2)20-13-8-4-3-7-12(13)18-15(19)11-6-5-9-17-14(11)16/h3-10H,1-2H3,(H,18,19). The van der Waals surface area contributed by atoms with Crippen LogP contribution in [0.2, 0.25) is 5.15 Å². The highest BCUT2D eigenvalue weighted by Crippen LogP contribution is 2.26. The van der Waals surface area contributed by atoms with Crippen molar-refractivity contribution >= 4 is 23.2 Å². The van der Waals surface area contributed by atoms with E-state index in [1.165, 1.54) is 6.20 Å². The van der Waals surface area contributed by atoms with Gasteiger partial charge in [-0.2, -0.15) is 0 Å². The summed E-state index contributed by atoms with van der Waals surface area (Å²) in [5.41, 5.74) is 0.930. The van der Waals surface area contributed by atoms with E-state index in [1.807, 2.05) is 26.0 Å². The molecule has 0 radical (unpaired) electrons. The fourth-order valence-corrected chi connectivity index (χ4v) is 1.88. The summed E-state index contributed by atoms with van der Waals surface area (Å²) in [7, 11) is 0. The molecule has 104 valence electrons. The second kappa shape index (κ2) is 6.39. The van der Waals surface area contributed by atoms with Gasteiger partial charge in [0.1, 0.15) is 10.9 Å². The highest BCUT2D eigenvalue weighted by atomic mass is 35.5. The minimum atomic E-state index is -0.317. The summed E-state index contributed by atoms with van der Waals surface area (Å²) >= 11 is 5.91. The number of aromatic nitrogens is 1. The summed E-state index contributed by atoms with van der Waals surface area (Å²) in [6.07, 6.45) is 1.56. The summed E-state index contributed by atoms with van der Waals surface area (Å²) < 4.78 is 5.65. The number of carbonyl (C=O) groups excluding carboxylic acids is 1. The van der Waals surface area contributed by atoms with Crippen molar-refractivity contribution in [3.05, 3.63) is 53.3 Å². The van der Waals surface area contributed by atoms with Gasteiger partial charge in [0, 0.05) is 6.20 Å². The molecule has 2 rings (SSSR count). The van der Waals surface area contributed by atoms with Crippen LogP contribution in [0.4, 0.5) is 5.69 Å². The largest absolute Gasteiger partial charge is 0.489 e. The maximum Gasteiger partial charge on any atom is 0.258 e. The van der Waals surface area contributed by atoms with Crippen LogP contribution in [0.3, 0.4) is 0 Å². The van der Waals surface area contributed by atoms with Crippen LogP contribution in [-0.4, -0.2) is 17.0 Å². The van der Waals surface area contributed by atoms with E-state index in [2.05, 4.69) is 10.3 Å². The van der Waals surface area contributed by atoms with Crippen molar-refractivity contribution in [3.63, 3.8) is 0 Å². The number of amides is 1. The number of nitrogens with zero attached hydrogens (tertiary/aromatic N) is 1. The fraction of sp³-hybridized carbons (Fsp3) is 0.200. The number of rotatable bonds is 4. The van der Waals surface area contributed by atoms with E-state index in [4.69, 9.17) is 16.3 Å². The van der Waals surface area contributed by atoms with Crippen LogP contribution in [0.15, 0.2) is 42.6 Å². The van der Waals surface area contributed by atoms with Crippen molar-refractivity contribution in [3.8, 4) is 5.75 Å². The number of carbonyl (C=O) groups is 1. The molecule has 0 bridgehead atoms. The minimum absolute atomic E-state index is 0.0232. The first kappa shape index (κ1) is 14.3. The monoisotopic (exact) mass is 290 g/mol. The summed E-state index contributed by atoms with van der Waals surface area (Å²) in [4.78, 5) is 16.1. The lowest BCUT2D eigenvalue weighted by molar-refractivity contribution is 0.102. The Labute approximate surface area is 122 Å².